The van der Waals surface area contributed by atoms with E-state index >= 15 is 0 Å². The molecule has 0 saturated carbocycles. The molecule has 2 aliphatic rings. The van der Waals surface area contributed by atoms with Crippen LogP contribution in [0.25, 0.3) is 6.08 Å². The monoisotopic (exact) mass is 499 g/mol. The van der Waals surface area contributed by atoms with Gasteiger partial charge in [-0.05, 0) is 48.9 Å². The summed E-state index contributed by atoms with van der Waals surface area (Å²) in [6.07, 6.45) is 7.45. The number of piperazine rings is 1. The molecule has 4 rings (SSSR count). The maximum absolute atomic E-state index is 13.1. The van der Waals surface area contributed by atoms with E-state index in [4.69, 9.17) is 0 Å². The second-order valence-electron chi connectivity index (χ2n) is 8.79. The molecule has 34 heavy (non-hydrogen) atoms. The minimum absolute atomic E-state index is 0.0881. The van der Waals surface area contributed by atoms with E-state index in [0.717, 1.165) is 37.6 Å². The Morgan fingerprint density at radius 1 is 0.941 bits per heavy atom. The van der Waals surface area contributed by atoms with Crippen LogP contribution in [-0.2, 0) is 14.8 Å². The van der Waals surface area contributed by atoms with Crippen LogP contribution < -0.4 is 0 Å². The van der Waals surface area contributed by atoms with Crippen LogP contribution in [0, 0.1) is 5.92 Å². The summed E-state index contributed by atoms with van der Waals surface area (Å²) in [5, 5.41) is 0. The number of carbonyl (C=O) groups excluding carboxylic acids is 1. The van der Waals surface area contributed by atoms with Crippen LogP contribution in [-0.4, -0.2) is 80.5 Å². The van der Waals surface area contributed by atoms with Gasteiger partial charge in [-0.3, -0.25) is 9.69 Å². The van der Waals surface area contributed by atoms with Crippen molar-refractivity contribution in [3.8, 4) is 0 Å². The average molecular weight is 500 g/mol. The van der Waals surface area contributed by atoms with Crippen molar-refractivity contribution in [1.29, 1.82) is 0 Å². The van der Waals surface area contributed by atoms with Gasteiger partial charge in [-0.1, -0.05) is 42.5 Å². The fourth-order valence-electron chi connectivity index (χ4n) is 4.55. The summed E-state index contributed by atoms with van der Waals surface area (Å²) in [6, 6.07) is 17.3. The highest BCUT2D eigenvalue weighted by molar-refractivity contribution is 7.98. The second kappa shape index (κ2) is 11.5. The molecule has 8 heteroatoms. The van der Waals surface area contributed by atoms with Gasteiger partial charge < -0.3 is 4.90 Å². The molecular formula is C26H33N3O3S2. The fraction of sp³-hybridized carbons (Fsp3) is 0.423. The zero-order valence-electron chi connectivity index (χ0n) is 19.7. The van der Waals surface area contributed by atoms with Crippen LogP contribution >= 0.6 is 11.8 Å². The van der Waals surface area contributed by atoms with Crippen molar-refractivity contribution in [1.82, 2.24) is 14.1 Å². The molecule has 0 atom stereocenters. The molecule has 2 aromatic rings. The zero-order chi connectivity index (χ0) is 24.0. The SMILES string of the molecule is CSc1ccc(S(=O)(=O)N2CCC(C(=O)N3CCN(C/C=C/c4ccccc4)CC3)CC2)cc1. The average Bonchev–Trinajstić information content (AvgIpc) is 2.89. The third kappa shape index (κ3) is 6.10. The smallest absolute Gasteiger partial charge is 0.243 e. The van der Waals surface area contributed by atoms with Crippen LogP contribution in [0.2, 0.25) is 0 Å². The van der Waals surface area contributed by atoms with Crippen molar-refractivity contribution in [2.24, 2.45) is 5.92 Å². The van der Waals surface area contributed by atoms with E-state index in [1.54, 1.807) is 23.9 Å². The van der Waals surface area contributed by atoms with Crippen molar-refractivity contribution < 1.29 is 13.2 Å². The number of nitrogens with zero attached hydrogens (tertiary/aromatic N) is 3. The lowest BCUT2D eigenvalue weighted by Gasteiger charge is -2.38. The van der Waals surface area contributed by atoms with Crippen LogP contribution in [0.1, 0.15) is 18.4 Å². The summed E-state index contributed by atoms with van der Waals surface area (Å²) in [7, 11) is -3.51. The van der Waals surface area contributed by atoms with Crippen LogP contribution in [0.3, 0.4) is 0 Å². The molecule has 182 valence electrons. The topological polar surface area (TPSA) is 60.9 Å². The van der Waals surface area contributed by atoms with Gasteiger partial charge in [-0.25, -0.2) is 8.42 Å². The number of thioether (sulfide) groups is 1. The Kier molecular flexibility index (Phi) is 8.47. The third-order valence-corrected chi connectivity index (χ3v) is 9.31. The Morgan fingerprint density at radius 2 is 1.59 bits per heavy atom. The van der Waals surface area contributed by atoms with E-state index in [1.807, 2.05) is 41.5 Å². The molecule has 2 heterocycles. The van der Waals surface area contributed by atoms with Crippen molar-refractivity contribution in [2.75, 3.05) is 52.1 Å². The first-order valence-corrected chi connectivity index (χ1v) is 14.5. The van der Waals surface area contributed by atoms with Gasteiger partial charge in [0.25, 0.3) is 0 Å². The largest absolute Gasteiger partial charge is 0.340 e. The van der Waals surface area contributed by atoms with Crippen LogP contribution in [0.5, 0.6) is 0 Å². The molecular weight excluding hydrogens is 466 g/mol. The number of rotatable bonds is 7. The Balaban J connectivity index is 1.23. The summed E-state index contributed by atoms with van der Waals surface area (Å²) < 4.78 is 27.5. The number of amides is 1. The highest BCUT2D eigenvalue weighted by Crippen LogP contribution is 2.26. The molecule has 0 radical (unpaired) electrons. The lowest BCUT2D eigenvalue weighted by atomic mass is 9.96. The van der Waals surface area contributed by atoms with Gasteiger partial charge in [0.2, 0.25) is 15.9 Å². The molecule has 2 fully saturated rings. The number of hydrogen-bond donors (Lipinski definition) is 0. The van der Waals surface area contributed by atoms with Crippen molar-refractivity contribution in [2.45, 2.75) is 22.6 Å². The summed E-state index contributed by atoms with van der Waals surface area (Å²) in [5.74, 6) is 0.0932. The number of benzene rings is 2. The third-order valence-electron chi connectivity index (χ3n) is 6.66. The molecule has 2 saturated heterocycles. The van der Waals surface area contributed by atoms with Gasteiger partial charge in [0.05, 0.1) is 4.90 Å². The van der Waals surface area contributed by atoms with Crippen molar-refractivity contribution in [3.63, 3.8) is 0 Å². The summed E-state index contributed by atoms with van der Waals surface area (Å²) in [6.45, 7) is 4.87. The van der Waals surface area contributed by atoms with Gasteiger partial charge in [0.15, 0.2) is 0 Å². The van der Waals surface area contributed by atoms with E-state index in [1.165, 1.54) is 9.87 Å². The lowest BCUT2D eigenvalue weighted by molar-refractivity contribution is -0.138. The molecule has 0 aliphatic carbocycles. The summed E-state index contributed by atoms with van der Waals surface area (Å²) in [5.41, 5.74) is 1.20. The summed E-state index contributed by atoms with van der Waals surface area (Å²) >= 11 is 1.59. The number of sulfonamides is 1. The maximum atomic E-state index is 13.1. The maximum Gasteiger partial charge on any atom is 0.243 e. The van der Waals surface area contributed by atoms with Gasteiger partial charge >= 0.3 is 0 Å². The van der Waals surface area contributed by atoms with E-state index in [9.17, 15) is 13.2 Å². The Hall–Kier alpha value is -2.13. The molecule has 2 aromatic carbocycles. The quantitative estimate of drug-likeness (QED) is 0.544. The molecule has 6 nitrogen and oxygen atoms in total. The van der Waals surface area contributed by atoms with Gasteiger partial charge in [-0.2, -0.15) is 4.31 Å². The van der Waals surface area contributed by atoms with Crippen LogP contribution in [0.4, 0.5) is 0 Å². The molecule has 2 aliphatic heterocycles. The molecule has 0 aromatic heterocycles. The fourth-order valence-corrected chi connectivity index (χ4v) is 6.43. The highest BCUT2D eigenvalue weighted by atomic mass is 32.2. The van der Waals surface area contributed by atoms with Crippen molar-refractivity contribution in [3.05, 3.63) is 66.2 Å². The van der Waals surface area contributed by atoms with E-state index < -0.39 is 10.0 Å². The number of hydrogen-bond acceptors (Lipinski definition) is 5. The van der Waals surface area contributed by atoms with Crippen LogP contribution in [0.15, 0.2) is 70.5 Å². The highest BCUT2D eigenvalue weighted by Gasteiger charge is 2.34. The molecule has 0 spiro atoms. The normalized spacial score (nSPS) is 19.0. The zero-order valence-corrected chi connectivity index (χ0v) is 21.3. The van der Waals surface area contributed by atoms with Gasteiger partial charge in [0, 0.05) is 56.6 Å². The number of carbonyl (C=O) groups is 1. The first-order chi connectivity index (χ1) is 16.5. The molecule has 0 N–H and O–H groups in total. The second-order valence-corrected chi connectivity index (χ2v) is 11.6. The minimum Gasteiger partial charge on any atom is -0.340 e. The predicted octanol–water partition coefficient (Wildman–Crippen LogP) is 3.67. The number of piperidine rings is 1. The van der Waals surface area contributed by atoms with Gasteiger partial charge in [0.1, 0.15) is 0 Å². The van der Waals surface area contributed by atoms with Gasteiger partial charge in [-0.15, -0.1) is 11.8 Å². The van der Waals surface area contributed by atoms with Crippen molar-refractivity contribution >= 4 is 33.8 Å². The Morgan fingerprint density at radius 3 is 2.21 bits per heavy atom. The van der Waals surface area contributed by atoms with E-state index in [-0.39, 0.29) is 11.8 Å². The molecule has 0 unspecified atom stereocenters. The van der Waals surface area contributed by atoms with E-state index in [2.05, 4.69) is 29.2 Å². The molecule has 0 bridgehead atoms. The summed E-state index contributed by atoms with van der Waals surface area (Å²) in [4.78, 5) is 18.8. The first-order valence-electron chi connectivity index (χ1n) is 11.8. The minimum atomic E-state index is -3.51. The predicted molar refractivity (Wildman–Crippen MR) is 138 cm³/mol. The molecule has 1 amide bonds. The first kappa shape index (κ1) is 25.0. The standard InChI is InChI=1S/C26H33N3O3S2/c1-33-24-9-11-25(12-10-24)34(31,32)29-16-13-23(14-17-29)26(30)28-20-18-27(19-21-28)15-5-8-22-6-3-2-4-7-22/h2-12,23H,13-21H2,1H3/b8-5+. The van der Waals surface area contributed by atoms with E-state index in [0.29, 0.717) is 30.8 Å². The Labute approximate surface area is 207 Å². The Bertz CT molecular complexity index is 1070. The lowest BCUT2D eigenvalue weighted by Crippen LogP contribution is -2.51.